The fourth-order valence-electron chi connectivity index (χ4n) is 2.78. The molecular weight excluding hydrogens is 308 g/mol. The summed E-state index contributed by atoms with van der Waals surface area (Å²) in [7, 11) is -0.811. The van der Waals surface area contributed by atoms with Crippen molar-refractivity contribution < 1.29 is 18.3 Å². The predicted molar refractivity (Wildman–Crippen MR) is 80.3 cm³/mol. The molecule has 0 radical (unpaired) electrons. The van der Waals surface area contributed by atoms with E-state index in [0.29, 0.717) is 0 Å². The number of nitrogens with zero attached hydrogens (tertiary/aromatic N) is 3. The molecule has 1 saturated carbocycles. The molecule has 1 aromatic rings. The smallest absolute Gasteiger partial charge is 0.327 e. The van der Waals surface area contributed by atoms with Gasteiger partial charge in [0.05, 0.1) is 5.69 Å². The third-order valence-electron chi connectivity index (χ3n) is 4.14. The lowest BCUT2D eigenvalue weighted by Gasteiger charge is -2.31. The van der Waals surface area contributed by atoms with E-state index in [9.17, 15) is 18.3 Å². The Kier molecular flexibility index (Phi) is 5.20. The topological polar surface area (TPSA) is 105 Å². The maximum atomic E-state index is 12.5. The lowest BCUT2D eigenvalue weighted by atomic mass is 9.96. The first-order chi connectivity index (χ1) is 10.3. The van der Waals surface area contributed by atoms with Crippen molar-refractivity contribution in [2.45, 2.75) is 44.2 Å². The third-order valence-corrected chi connectivity index (χ3v) is 5.73. The number of nitrogens with one attached hydrogen (secondary N) is 1. The number of hydrogen-bond acceptors (Lipinski definition) is 4. The average molecular weight is 330 g/mol. The minimum Gasteiger partial charge on any atom is -0.480 e. The molecule has 124 valence electrons. The Balaban J connectivity index is 2.17. The summed E-state index contributed by atoms with van der Waals surface area (Å²) in [5, 5.41) is 13.2. The number of rotatable bonds is 6. The van der Waals surface area contributed by atoms with Gasteiger partial charge in [-0.1, -0.05) is 19.3 Å². The molecule has 1 heterocycles. The molecule has 9 heteroatoms. The summed E-state index contributed by atoms with van der Waals surface area (Å²) in [6.07, 6.45) is 6.15. The average Bonchev–Trinajstić information content (AvgIpc) is 2.90. The number of aliphatic carboxylic acids is 1. The van der Waals surface area contributed by atoms with Crippen LogP contribution in [0.5, 0.6) is 0 Å². The first-order valence-corrected chi connectivity index (χ1v) is 8.73. The zero-order valence-corrected chi connectivity index (χ0v) is 13.6. The molecule has 1 atom stereocenters. The molecule has 0 bridgehead atoms. The lowest BCUT2D eigenvalue weighted by Crippen LogP contribution is -2.47. The van der Waals surface area contributed by atoms with Crippen LogP contribution in [0.3, 0.4) is 0 Å². The minimum absolute atomic E-state index is 0.0766. The van der Waals surface area contributed by atoms with Gasteiger partial charge in [-0.25, -0.2) is 0 Å². The maximum absolute atomic E-state index is 12.5. The molecular formula is C13H22N4O4S. The monoisotopic (exact) mass is 330 g/mol. The second kappa shape index (κ2) is 6.76. The molecule has 2 rings (SSSR count). The third kappa shape index (κ3) is 3.65. The number of aryl methyl sites for hydroxylation is 1. The van der Waals surface area contributed by atoms with Crippen LogP contribution in [0.25, 0.3) is 0 Å². The van der Waals surface area contributed by atoms with Crippen LogP contribution in [0.1, 0.15) is 43.8 Å². The molecule has 0 spiro atoms. The Hall–Kier alpha value is -1.45. The van der Waals surface area contributed by atoms with Gasteiger partial charge in [-0.05, 0) is 18.9 Å². The zero-order chi connectivity index (χ0) is 16.3. The van der Waals surface area contributed by atoms with Crippen molar-refractivity contribution in [3.8, 4) is 0 Å². The highest BCUT2D eigenvalue weighted by atomic mass is 32.2. The summed E-state index contributed by atoms with van der Waals surface area (Å²) in [5.74, 6) is -1.26. The molecule has 22 heavy (non-hydrogen) atoms. The van der Waals surface area contributed by atoms with E-state index in [4.69, 9.17) is 0 Å². The fraction of sp³-hybridized carbons (Fsp3) is 0.692. The summed E-state index contributed by atoms with van der Waals surface area (Å²) in [4.78, 5) is 11.4. The van der Waals surface area contributed by atoms with Crippen LogP contribution in [0, 0.1) is 0 Å². The van der Waals surface area contributed by atoms with Crippen molar-refractivity contribution in [3.05, 3.63) is 18.0 Å². The van der Waals surface area contributed by atoms with E-state index in [0.717, 1.165) is 32.1 Å². The van der Waals surface area contributed by atoms with Crippen LogP contribution in [-0.4, -0.2) is 46.7 Å². The van der Waals surface area contributed by atoms with E-state index >= 15 is 0 Å². The largest absolute Gasteiger partial charge is 0.480 e. The number of carboxylic acids is 1. The van der Waals surface area contributed by atoms with E-state index in [-0.39, 0.29) is 11.7 Å². The number of hydrogen-bond donors (Lipinski definition) is 2. The molecule has 1 fully saturated rings. The minimum atomic E-state index is -3.89. The molecule has 0 amide bonds. The van der Waals surface area contributed by atoms with Gasteiger partial charge in [0.25, 0.3) is 10.2 Å². The van der Waals surface area contributed by atoms with Gasteiger partial charge in [0.15, 0.2) is 6.04 Å². The van der Waals surface area contributed by atoms with Crippen molar-refractivity contribution in [2.24, 2.45) is 7.05 Å². The molecule has 1 aromatic heterocycles. The van der Waals surface area contributed by atoms with Gasteiger partial charge in [0.1, 0.15) is 0 Å². The maximum Gasteiger partial charge on any atom is 0.327 e. The molecule has 1 unspecified atom stereocenters. The highest BCUT2D eigenvalue weighted by molar-refractivity contribution is 7.87. The predicted octanol–water partition coefficient (Wildman–Crippen LogP) is 0.645. The Morgan fingerprint density at radius 3 is 2.59 bits per heavy atom. The van der Waals surface area contributed by atoms with Gasteiger partial charge in [-0.3, -0.25) is 9.48 Å². The zero-order valence-electron chi connectivity index (χ0n) is 12.8. The van der Waals surface area contributed by atoms with Gasteiger partial charge in [0.2, 0.25) is 0 Å². The first-order valence-electron chi connectivity index (χ1n) is 7.29. The van der Waals surface area contributed by atoms with E-state index < -0.39 is 22.2 Å². The van der Waals surface area contributed by atoms with Gasteiger partial charge in [-0.2, -0.15) is 22.5 Å². The van der Waals surface area contributed by atoms with Crippen LogP contribution < -0.4 is 4.72 Å². The molecule has 0 saturated heterocycles. The van der Waals surface area contributed by atoms with Crippen molar-refractivity contribution in [2.75, 3.05) is 7.05 Å². The molecule has 0 aliphatic heterocycles. The Labute approximate surface area is 130 Å². The van der Waals surface area contributed by atoms with E-state index in [1.807, 2.05) is 0 Å². The molecule has 1 aliphatic carbocycles. The second-order valence-electron chi connectivity index (χ2n) is 5.58. The Morgan fingerprint density at radius 2 is 2.09 bits per heavy atom. The highest BCUT2D eigenvalue weighted by Crippen LogP contribution is 2.24. The number of aromatic nitrogens is 2. The second-order valence-corrected chi connectivity index (χ2v) is 7.34. The van der Waals surface area contributed by atoms with E-state index in [2.05, 4.69) is 9.82 Å². The van der Waals surface area contributed by atoms with Crippen molar-refractivity contribution in [1.29, 1.82) is 0 Å². The van der Waals surface area contributed by atoms with Crippen LogP contribution >= 0.6 is 0 Å². The quantitative estimate of drug-likeness (QED) is 0.796. The molecule has 2 N–H and O–H groups in total. The van der Waals surface area contributed by atoms with Gasteiger partial charge < -0.3 is 5.11 Å². The van der Waals surface area contributed by atoms with Gasteiger partial charge in [-0.15, -0.1) is 0 Å². The number of carboxylic acid groups (broad SMARTS) is 1. The first kappa shape index (κ1) is 16.9. The van der Waals surface area contributed by atoms with Crippen LogP contribution in [0.15, 0.2) is 12.3 Å². The standard InChI is InChI=1S/C13H22N4O4S/c1-16-11(8-9-14-16)12(13(18)19)15-22(20,21)17(2)10-6-4-3-5-7-10/h8-10,12,15H,3-7H2,1-2H3,(H,18,19). The molecule has 1 aliphatic rings. The van der Waals surface area contributed by atoms with Crippen molar-refractivity contribution in [1.82, 2.24) is 18.8 Å². The summed E-state index contributed by atoms with van der Waals surface area (Å²) in [6.45, 7) is 0. The SMILES string of the molecule is CN(C1CCCCC1)S(=O)(=O)NC(C(=O)O)c1ccnn1C. The van der Waals surface area contributed by atoms with Crippen LogP contribution in [0.2, 0.25) is 0 Å². The fourth-order valence-corrected chi connectivity index (χ4v) is 4.07. The molecule has 8 nitrogen and oxygen atoms in total. The van der Waals surface area contributed by atoms with Gasteiger partial charge >= 0.3 is 5.97 Å². The summed E-state index contributed by atoms with van der Waals surface area (Å²) >= 11 is 0. The van der Waals surface area contributed by atoms with Crippen LogP contribution in [0.4, 0.5) is 0 Å². The molecule has 0 aromatic carbocycles. The lowest BCUT2D eigenvalue weighted by molar-refractivity contribution is -0.139. The summed E-state index contributed by atoms with van der Waals surface area (Å²) < 4.78 is 29.8. The summed E-state index contributed by atoms with van der Waals surface area (Å²) in [6, 6.07) is 0.0535. The van der Waals surface area contributed by atoms with Gasteiger partial charge in [0, 0.05) is 26.3 Å². The van der Waals surface area contributed by atoms with E-state index in [1.54, 1.807) is 7.05 Å². The highest BCUT2D eigenvalue weighted by Gasteiger charge is 2.33. The van der Waals surface area contributed by atoms with Crippen molar-refractivity contribution >= 4 is 16.2 Å². The Morgan fingerprint density at radius 1 is 1.45 bits per heavy atom. The van der Waals surface area contributed by atoms with Crippen molar-refractivity contribution in [3.63, 3.8) is 0 Å². The summed E-state index contributed by atoms with van der Waals surface area (Å²) in [5.41, 5.74) is 0.285. The number of carbonyl (C=O) groups is 1. The van der Waals surface area contributed by atoms with Crippen LogP contribution in [-0.2, 0) is 22.1 Å². The van der Waals surface area contributed by atoms with E-state index in [1.165, 1.54) is 28.3 Å². The normalized spacial score (nSPS) is 18.5. The Bertz CT molecular complexity index is 622.